The van der Waals surface area contributed by atoms with Gasteiger partial charge in [-0.3, -0.25) is 19.4 Å². The lowest BCUT2D eigenvalue weighted by molar-refractivity contribution is -0.136. The molecule has 2 aromatic rings. The number of aromatic nitrogens is 1. The number of aliphatic hydroxyl groups is 1. The predicted octanol–water partition coefficient (Wildman–Crippen LogP) is 4.64. The zero-order chi connectivity index (χ0) is 25.2. The Kier molecular flexibility index (Phi) is 7.00. The number of carbonyl (C=O) groups excluding carboxylic acids is 2. The summed E-state index contributed by atoms with van der Waals surface area (Å²) in [6.45, 7) is 4.04. The number of hydrogen-bond acceptors (Lipinski definition) is 7. The van der Waals surface area contributed by atoms with E-state index in [1.807, 2.05) is 44.2 Å². The number of hydrogen-bond donors (Lipinski definition) is 2. The summed E-state index contributed by atoms with van der Waals surface area (Å²) in [7, 11) is 0. The first-order chi connectivity index (χ1) is 16.6. The number of carboxylic acid groups (broad SMARTS) is 1. The van der Waals surface area contributed by atoms with Crippen LogP contribution in [-0.2, 0) is 22.4 Å². The molecular weight excluding hydrogens is 448 g/mol. The molecule has 0 bridgehead atoms. The molecule has 2 N–H and O–H groups in total. The van der Waals surface area contributed by atoms with Crippen LogP contribution in [0.5, 0.6) is 0 Å². The summed E-state index contributed by atoms with van der Waals surface area (Å²) in [6, 6.07) is 9.62. The average molecular weight is 479 g/mol. The molecule has 1 atom stereocenters. The molecule has 1 aromatic heterocycles. The van der Waals surface area contributed by atoms with Crippen molar-refractivity contribution in [1.82, 2.24) is 5.16 Å². The largest absolute Gasteiger partial charge is 0.511 e. The third-order valence-electron chi connectivity index (χ3n) is 6.62. The summed E-state index contributed by atoms with van der Waals surface area (Å²) in [5, 5.41) is 24.0. The first-order valence-electron chi connectivity index (χ1n) is 11.9. The second kappa shape index (κ2) is 9.98. The number of Topliss-reactive ketones (excluding diaryl/α,β-unsaturated/α-hetero) is 2. The third-order valence-corrected chi connectivity index (χ3v) is 6.62. The number of ketones is 2. The monoisotopic (exact) mass is 478 g/mol. The van der Waals surface area contributed by atoms with Crippen molar-refractivity contribution in [1.29, 1.82) is 0 Å². The van der Waals surface area contributed by atoms with Crippen molar-refractivity contribution in [3.63, 3.8) is 0 Å². The van der Waals surface area contributed by atoms with Gasteiger partial charge < -0.3 is 14.7 Å². The molecule has 1 aromatic carbocycles. The Bertz CT molecular complexity index is 1210. The molecule has 1 unspecified atom stereocenters. The molecule has 184 valence electrons. The van der Waals surface area contributed by atoms with Crippen molar-refractivity contribution in [3.05, 3.63) is 64.2 Å². The number of aryl methyl sites for hydroxylation is 1. The minimum atomic E-state index is -0.977. The quantitative estimate of drug-likeness (QED) is 0.438. The fourth-order valence-corrected chi connectivity index (χ4v) is 4.97. The summed E-state index contributed by atoms with van der Waals surface area (Å²) in [5.74, 6) is -0.853. The molecule has 0 amide bonds. The molecule has 8 heteroatoms. The van der Waals surface area contributed by atoms with Crippen LogP contribution in [0.15, 0.2) is 51.2 Å². The van der Waals surface area contributed by atoms with E-state index in [2.05, 4.69) is 10.1 Å². The van der Waals surface area contributed by atoms with Crippen molar-refractivity contribution in [3.8, 4) is 0 Å². The van der Waals surface area contributed by atoms with Gasteiger partial charge in [0, 0.05) is 44.4 Å². The van der Waals surface area contributed by atoms with Gasteiger partial charge in [-0.05, 0) is 23.3 Å². The topological polar surface area (TPSA) is 130 Å². The van der Waals surface area contributed by atoms with Crippen LogP contribution in [0.25, 0.3) is 0 Å². The Balaban J connectivity index is 1.57. The highest BCUT2D eigenvalue weighted by Gasteiger charge is 2.37. The summed E-state index contributed by atoms with van der Waals surface area (Å²) < 4.78 is 5.44. The van der Waals surface area contributed by atoms with E-state index in [0.717, 1.165) is 5.56 Å². The van der Waals surface area contributed by atoms with Gasteiger partial charge >= 0.3 is 5.97 Å². The van der Waals surface area contributed by atoms with Crippen LogP contribution in [0.3, 0.4) is 0 Å². The standard InChI is InChI=1S/C27H30N2O6/c1-27(2)14-22(32)26-18(29-35-23(26)15-27)8-9-20(30)25-19(28-11-10-24(33)34)12-17(13-21(25)31)16-6-4-3-5-7-16/h3-7,17,30H,8-15H2,1-2H3,(H,33,34)/b25-20-,28-19?. The molecule has 1 heterocycles. The Morgan fingerprint density at radius 2 is 1.83 bits per heavy atom. The number of aliphatic carboxylic acids is 1. The van der Waals surface area contributed by atoms with Gasteiger partial charge in [-0.25, -0.2) is 0 Å². The number of carboxylic acids is 1. The number of allylic oxidation sites excluding steroid dienone is 2. The zero-order valence-corrected chi connectivity index (χ0v) is 20.0. The van der Waals surface area contributed by atoms with E-state index in [4.69, 9.17) is 9.63 Å². The number of aliphatic imine (C=N–C) groups is 1. The fraction of sp³-hybridized carbons (Fsp3) is 0.444. The van der Waals surface area contributed by atoms with Crippen LogP contribution in [-0.4, -0.2) is 45.2 Å². The molecule has 35 heavy (non-hydrogen) atoms. The number of carbonyl (C=O) groups is 3. The van der Waals surface area contributed by atoms with E-state index < -0.39 is 5.97 Å². The van der Waals surface area contributed by atoms with Crippen LogP contribution in [0.4, 0.5) is 0 Å². The third kappa shape index (κ3) is 5.58. The Morgan fingerprint density at radius 3 is 2.54 bits per heavy atom. The summed E-state index contributed by atoms with van der Waals surface area (Å²) in [4.78, 5) is 41.2. The van der Waals surface area contributed by atoms with Crippen LogP contribution in [0.2, 0.25) is 0 Å². The van der Waals surface area contributed by atoms with E-state index in [1.54, 1.807) is 0 Å². The van der Waals surface area contributed by atoms with Crippen LogP contribution >= 0.6 is 0 Å². The zero-order valence-electron chi connectivity index (χ0n) is 20.0. The lowest BCUT2D eigenvalue weighted by atomic mass is 9.76. The average Bonchev–Trinajstić information content (AvgIpc) is 3.19. The highest BCUT2D eigenvalue weighted by molar-refractivity contribution is 6.24. The van der Waals surface area contributed by atoms with Crippen molar-refractivity contribution in [2.24, 2.45) is 10.4 Å². The molecule has 8 nitrogen and oxygen atoms in total. The van der Waals surface area contributed by atoms with Gasteiger partial charge in [0.05, 0.1) is 23.3 Å². The fourth-order valence-electron chi connectivity index (χ4n) is 4.97. The van der Waals surface area contributed by atoms with Gasteiger partial charge in [-0.2, -0.15) is 0 Å². The predicted molar refractivity (Wildman–Crippen MR) is 129 cm³/mol. The smallest absolute Gasteiger partial charge is 0.305 e. The van der Waals surface area contributed by atoms with E-state index in [0.29, 0.717) is 42.0 Å². The Morgan fingerprint density at radius 1 is 1.09 bits per heavy atom. The molecular formula is C27H30N2O6. The highest BCUT2D eigenvalue weighted by atomic mass is 16.5. The van der Waals surface area contributed by atoms with E-state index in [9.17, 15) is 19.5 Å². The van der Waals surface area contributed by atoms with Gasteiger partial charge in [0.2, 0.25) is 0 Å². The lowest BCUT2D eigenvalue weighted by Crippen LogP contribution is -2.27. The molecule has 2 aliphatic rings. The summed E-state index contributed by atoms with van der Waals surface area (Å²) in [6.07, 6.45) is 1.87. The molecule has 1 fully saturated rings. The normalized spacial score (nSPS) is 22.2. The van der Waals surface area contributed by atoms with Crippen molar-refractivity contribution in [2.75, 3.05) is 6.54 Å². The first kappa shape index (κ1) is 24.6. The van der Waals surface area contributed by atoms with Crippen LogP contribution in [0.1, 0.15) is 79.2 Å². The van der Waals surface area contributed by atoms with Gasteiger partial charge in [-0.1, -0.05) is 49.3 Å². The van der Waals surface area contributed by atoms with Gasteiger partial charge in [0.25, 0.3) is 0 Å². The minimum absolute atomic E-state index is 0.0185. The number of rotatable bonds is 7. The van der Waals surface area contributed by atoms with E-state index in [-0.39, 0.29) is 66.5 Å². The number of nitrogens with zero attached hydrogens (tertiary/aromatic N) is 2. The van der Waals surface area contributed by atoms with Crippen molar-refractivity contribution >= 4 is 23.2 Å². The van der Waals surface area contributed by atoms with Gasteiger partial charge in [-0.15, -0.1) is 0 Å². The van der Waals surface area contributed by atoms with Crippen molar-refractivity contribution < 1.29 is 29.1 Å². The number of fused-ring (bicyclic) bond motifs is 1. The Labute approximate surface area is 203 Å². The summed E-state index contributed by atoms with van der Waals surface area (Å²) >= 11 is 0. The second-order valence-corrected chi connectivity index (χ2v) is 10.1. The maximum atomic E-state index is 13.1. The molecule has 4 rings (SSSR count). The van der Waals surface area contributed by atoms with Crippen LogP contribution in [0, 0.1) is 5.41 Å². The maximum absolute atomic E-state index is 13.1. The maximum Gasteiger partial charge on any atom is 0.305 e. The molecule has 0 aliphatic heterocycles. The molecule has 0 spiro atoms. The van der Waals surface area contributed by atoms with Gasteiger partial charge in [0.1, 0.15) is 11.5 Å². The minimum Gasteiger partial charge on any atom is -0.511 e. The SMILES string of the molecule is CC1(C)CC(=O)c2c(CC/C(O)=C3/C(=O)CC(c4ccccc4)CC3=NCCC(=O)O)noc2C1. The number of aliphatic hydroxyl groups excluding tert-OH is 1. The van der Waals surface area contributed by atoms with Crippen LogP contribution < -0.4 is 0 Å². The highest BCUT2D eigenvalue weighted by Crippen LogP contribution is 2.37. The van der Waals surface area contributed by atoms with E-state index >= 15 is 0 Å². The summed E-state index contributed by atoms with van der Waals surface area (Å²) in [5.41, 5.74) is 2.39. The first-order valence-corrected chi connectivity index (χ1v) is 11.9. The second-order valence-electron chi connectivity index (χ2n) is 10.1. The molecule has 2 aliphatic carbocycles. The molecule has 0 radical (unpaired) electrons. The lowest BCUT2D eigenvalue weighted by Gasteiger charge is -2.27. The van der Waals surface area contributed by atoms with E-state index in [1.165, 1.54) is 0 Å². The number of benzene rings is 1. The molecule has 1 saturated carbocycles. The molecule has 0 saturated heterocycles. The van der Waals surface area contributed by atoms with Crippen molar-refractivity contribution in [2.45, 2.75) is 64.7 Å². The Hall–Kier alpha value is -3.55. The van der Waals surface area contributed by atoms with Gasteiger partial charge in [0.15, 0.2) is 11.6 Å².